The maximum atomic E-state index is 15.9. The smallest absolute Gasteiger partial charge is 0.339 e. The van der Waals surface area contributed by atoms with Crippen LogP contribution in [0.3, 0.4) is 0 Å². The van der Waals surface area contributed by atoms with Gasteiger partial charge in [0.25, 0.3) is 5.91 Å². The lowest BCUT2D eigenvalue weighted by atomic mass is 9.44. The zero-order chi connectivity index (χ0) is 48.1. The van der Waals surface area contributed by atoms with E-state index >= 15 is 4.79 Å². The number of esters is 4. The molecule has 15 heteroatoms. The second-order valence-corrected chi connectivity index (χ2v) is 18.5. The van der Waals surface area contributed by atoms with E-state index in [1.54, 1.807) is 111 Å². The quantitative estimate of drug-likeness (QED) is 0.0881. The van der Waals surface area contributed by atoms with Crippen LogP contribution in [0.5, 0.6) is 0 Å². The Balaban J connectivity index is 1.30. The maximum Gasteiger partial charge on any atom is 0.339 e. The summed E-state index contributed by atoms with van der Waals surface area (Å²) in [7, 11) is 0. The van der Waals surface area contributed by atoms with Gasteiger partial charge < -0.3 is 44.3 Å². The van der Waals surface area contributed by atoms with Crippen molar-refractivity contribution in [2.24, 2.45) is 16.7 Å². The predicted octanol–water partition coefficient (Wildman–Crippen LogP) is 5.03. The van der Waals surface area contributed by atoms with Crippen molar-refractivity contribution in [2.45, 2.75) is 101 Å². The van der Waals surface area contributed by atoms with Gasteiger partial charge in [-0.1, -0.05) is 98.8 Å². The predicted molar refractivity (Wildman–Crippen MR) is 238 cm³/mol. The molecule has 3 aliphatic carbocycles. The summed E-state index contributed by atoms with van der Waals surface area (Å²) >= 11 is 0. The van der Waals surface area contributed by atoms with Crippen LogP contribution in [0.25, 0.3) is 0 Å². The van der Waals surface area contributed by atoms with E-state index in [1.165, 1.54) is 38.1 Å². The first-order chi connectivity index (χ1) is 31.8. The molecule has 15 nitrogen and oxygen atoms in total. The number of carbonyl (C=O) groups excluding carboxylic acids is 6. The summed E-state index contributed by atoms with van der Waals surface area (Å²) in [6.07, 6.45) is -10.8. The highest BCUT2D eigenvalue weighted by Crippen LogP contribution is 2.64. The van der Waals surface area contributed by atoms with Crippen LogP contribution in [0.15, 0.2) is 132 Å². The molecule has 0 spiro atoms. The molecule has 1 amide bonds. The third-order valence-electron chi connectivity index (χ3n) is 14.4. The molecule has 1 aliphatic heterocycles. The highest BCUT2D eigenvalue weighted by molar-refractivity contribution is 5.98. The normalized spacial score (nSPS) is 30.3. The number of rotatable bonds is 11. The largest absolute Gasteiger partial charge is 0.456 e. The van der Waals surface area contributed by atoms with Crippen molar-refractivity contribution in [3.8, 4) is 0 Å². The molecule has 4 aromatic carbocycles. The topological polar surface area (TPSA) is 221 Å². The molecular formula is C52H53NO14. The van der Waals surface area contributed by atoms with Gasteiger partial charge in [0.1, 0.15) is 23.9 Å². The Bertz CT molecular complexity index is 2590. The molecule has 67 heavy (non-hydrogen) atoms. The Kier molecular flexibility index (Phi) is 12.6. The van der Waals surface area contributed by atoms with Gasteiger partial charge in [-0.3, -0.25) is 14.4 Å². The van der Waals surface area contributed by atoms with E-state index in [0.717, 1.165) is 6.92 Å². The van der Waals surface area contributed by atoms with Crippen molar-refractivity contribution in [1.82, 2.24) is 5.32 Å². The molecule has 1 heterocycles. The first kappa shape index (κ1) is 47.0. The molecule has 3 fully saturated rings. The van der Waals surface area contributed by atoms with Gasteiger partial charge in [-0.05, 0) is 67.0 Å². The number of nitrogens with one attached hydrogen (secondary N) is 1. The van der Waals surface area contributed by atoms with E-state index in [4.69, 9.17) is 23.7 Å². The van der Waals surface area contributed by atoms with E-state index in [1.807, 2.05) is 0 Å². The minimum absolute atomic E-state index is 0.0269. The van der Waals surface area contributed by atoms with E-state index in [-0.39, 0.29) is 40.9 Å². The molecular weight excluding hydrogens is 863 g/mol. The second kappa shape index (κ2) is 17.9. The molecule has 0 radical (unpaired) electrons. The Labute approximate surface area is 387 Å². The Hall–Kier alpha value is -6.52. The number of amides is 1. The maximum absolute atomic E-state index is 15.9. The Morgan fingerprint density at radius 3 is 1.81 bits per heavy atom. The zero-order valence-electron chi connectivity index (χ0n) is 37.6. The first-order valence-electron chi connectivity index (χ1n) is 22.1. The molecule has 2 bridgehead atoms. The summed E-state index contributed by atoms with van der Waals surface area (Å²) in [6, 6.07) is 30.8. The molecule has 4 aromatic rings. The van der Waals surface area contributed by atoms with Gasteiger partial charge in [0.2, 0.25) is 0 Å². The molecule has 4 N–H and O–H groups in total. The van der Waals surface area contributed by atoms with Crippen LogP contribution < -0.4 is 5.32 Å². The van der Waals surface area contributed by atoms with E-state index in [2.05, 4.69) is 5.32 Å². The SMILES string of the molecule is CC(=O)O[C@@]12CO[C@@H]1C[C@H](O)[C@@]1(C)C(=O)[C@H](OC(=O)c3ccccc3)C3=C(C)[C@@H](OC(=O)[C@H](O)[C@@H](NC(=O)c4ccccc4)c4ccccc4)C[C@@](O)([C@@H](OC(=O)c4ccccc4)C12)C3(C)C. The van der Waals surface area contributed by atoms with E-state index in [0.29, 0.717) is 5.56 Å². The number of hydrogen-bond acceptors (Lipinski definition) is 14. The molecule has 1 saturated heterocycles. The lowest BCUT2D eigenvalue weighted by Gasteiger charge is -2.67. The molecule has 1 unspecified atom stereocenters. The third-order valence-corrected chi connectivity index (χ3v) is 14.4. The molecule has 4 aliphatic rings. The summed E-state index contributed by atoms with van der Waals surface area (Å²) in [4.78, 5) is 85.7. The first-order valence-corrected chi connectivity index (χ1v) is 22.1. The third kappa shape index (κ3) is 8.03. The monoisotopic (exact) mass is 915 g/mol. The zero-order valence-corrected chi connectivity index (χ0v) is 37.6. The number of Topliss-reactive ketones (excluding diaryl/α,β-unsaturated/α-hetero) is 1. The van der Waals surface area contributed by atoms with Gasteiger partial charge in [-0.25, -0.2) is 14.4 Å². The summed E-state index contributed by atoms with van der Waals surface area (Å²) in [5.74, 6) is -6.98. The average molecular weight is 916 g/mol. The molecule has 8 rings (SSSR count). The molecule has 0 aromatic heterocycles. The van der Waals surface area contributed by atoms with Crippen LogP contribution >= 0.6 is 0 Å². The van der Waals surface area contributed by atoms with Crippen LogP contribution in [0.2, 0.25) is 0 Å². The number of ether oxygens (including phenoxy) is 5. The van der Waals surface area contributed by atoms with E-state index < -0.39 is 113 Å². The number of fused-ring (bicyclic) bond motifs is 5. The minimum atomic E-state index is -2.43. The molecule has 350 valence electrons. The van der Waals surface area contributed by atoms with Crippen molar-refractivity contribution < 1.29 is 67.8 Å². The van der Waals surface area contributed by atoms with Crippen LogP contribution in [-0.2, 0) is 38.1 Å². The van der Waals surface area contributed by atoms with Crippen molar-refractivity contribution in [1.29, 1.82) is 0 Å². The molecule has 11 atom stereocenters. The highest BCUT2D eigenvalue weighted by Gasteiger charge is 2.78. The molecule has 2 saturated carbocycles. The standard InChI is InChI=1S/C52H53NO14/c1-29-35(64-48(61)40(56)39(31-18-10-6-11-19-31)53-45(58)32-20-12-7-13-21-32)27-52(62)44(66-47(60)34-24-16-9-17-25-34)42-50(5,36(55)26-37-51(42,28-63-37)67-30(2)54)43(57)41(38(29)49(52,3)4)65-46(59)33-22-14-8-15-23-33/h6-25,35-37,39-42,44,55-56,62H,26-28H2,1-5H3,(H,53,58)/t35-,36-,37+,39-,40+,41+,42?,44-,50+,51-,52+/m0/s1. The van der Waals surface area contributed by atoms with Crippen LogP contribution in [0.4, 0.5) is 0 Å². The van der Waals surface area contributed by atoms with Crippen LogP contribution in [-0.4, -0.2) is 105 Å². The van der Waals surface area contributed by atoms with Crippen LogP contribution in [0, 0.1) is 16.7 Å². The van der Waals surface area contributed by atoms with Crippen molar-refractivity contribution in [3.63, 3.8) is 0 Å². The number of benzene rings is 4. The van der Waals surface area contributed by atoms with Gasteiger partial charge in [0, 0.05) is 30.7 Å². The Morgan fingerprint density at radius 2 is 1.28 bits per heavy atom. The second-order valence-electron chi connectivity index (χ2n) is 18.5. The summed E-state index contributed by atoms with van der Waals surface area (Å²) < 4.78 is 30.9. The fourth-order valence-electron chi connectivity index (χ4n) is 10.8. The lowest BCUT2D eigenvalue weighted by molar-refractivity contribution is -0.345. The fraction of sp³-hybridized carbons (Fsp3) is 0.385. The van der Waals surface area contributed by atoms with Crippen molar-refractivity contribution in [3.05, 3.63) is 155 Å². The summed E-state index contributed by atoms with van der Waals surface area (Å²) in [6.45, 7) is 6.90. The number of carbonyl (C=O) groups is 6. The van der Waals surface area contributed by atoms with Crippen molar-refractivity contribution >= 4 is 35.6 Å². The number of aliphatic hydroxyl groups is 3. The number of hydrogen-bond donors (Lipinski definition) is 4. The van der Waals surface area contributed by atoms with Gasteiger partial charge >= 0.3 is 23.9 Å². The fourth-order valence-corrected chi connectivity index (χ4v) is 10.8. The van der Waals surface area contributed by atoms with Gasteiger partial charge in [-0.2, -0.15) is 0 Å². The highest BCUT2D eigenvalue weighted by atomic mass is 16.6. The van der Waals surface area contributed by atoms with E-state index in [9.17, 15) is 39.3 Å². The average Bonchev–Trinajstić information content (AvgIpc) is 3.32. The lowest BCUT2D eigenvalue weighted by Crippen LogP contribution is -2.82. The number of ketones is 1. The van der Waals surface area contributed by atoms with Gasteiger partial charge in [-0.15, -0.1) is 0 Å². The van der Waals surface area contributed by atoms with Crippen LogP contribution in [0.1, 0.15) is 90.1 Å². The van der Waals surface area contributed by atoms with Gasteiger partial charge in [0.05, 0.1) is 41.2 Å². The van der Waals surface area contributed by atoms with Gasteiger partial charge in [0.15, 0.2) is 23.6 Å². The Morgan fingerprint density at radius 1 is 0.761 bits per heavy atom. The van der Waals surface area contributed by atoms with Crippen molar-refractivity contribution in [2.75, 3.05) is 6.61 Å². The number of aliphatic hydroxyl groups excluding tert-OH is 2. The summed E-state index contributed by atoms with van der Waals surface area (Å²) in [5.41, 5.74) is -7.20. The minimum Gasteiger partial charge on any atom is -0.456 e. The summed E-state index contributed by atoms with van der Waals surface area (Å²) in [5, 5.41) is 40.8.